The Labute approximate surface area is 149 Å². The summed E-state index contributed by atoms with van der Waals surface area (Å²) in [6, 6.07) is 0. The summed E-state index contributed by atoms with van der Waals surface area (Å²) in [4.78, 5) is 27.0. The number of hydrogen-bond donors (Lipinski definition) is 2. The van der Waals surface area contributed by atoms with Crippen molar-refractivity contribution < 1.29 is 9.59 Å². The number of rotatable bonds is 5. The Kier molecular flexibility index (Phi) is 6.21. The minimum Gasteiger partial charge on any atom is -0.355 e. The summed E-state index contributed by atoms with van der Waals surface area (Å²) in [6.45, 7) is 10.3. The average molecular weight is 349 g/mol. The van der Waals surface area contributed by atoms with Gasteiger partial charge < -0.3 is 16.0 Å². The fraction of sp³-hybridized carbons (Fsp3) is 0.722. The highest BCUT2D eigenvalue weighted by Gasteiger charge is 2.31. The van der Waals surface area contributed by atoms with Gasteiger partial charge in [0.2, 0.25) is 5.91 Å². The molecular weight excluding hydrogens is 318 g/mol. The molecule has 1 saturated heterocycles. The summed E-state index contributed by atoms with van der Waals surface area (Å²) >= 11 is 0. The second-order valence-corrected chi connectivity index (χ2v) is 7.61. The summed E-state index contributed by atoms with van der Waals surface area (Å²) in [5.74, 6) is -0.195. The number of nitrogens with zero attached hydrogens (tertiary/aromatic N) is 3. The first-order valence-corrected chi connectivity index (χ1v) is 9.14. The SMILES string of the molecule is CCc1c(C(=O)N2CCCC(C(=O)NCCN)C2)cnn1C(C)(C)C. The number of likely N-dealkylation sites (tertiary alicyclic amines) is 1. The number of aromatic nitrogens is 2. The first-order chi connectivity index (χ1) is 11.8. The lowest BCUT2D eigenvalue weighted by Gasteiger charge is -2.32. The smallest absolute Gasteiger partial charge is 0.257 e. The molecule has 1 aromatic heterocycles. The van der Waals surface area contributed by atoms with Gasteiger partial charge in [-0.2, -0.15) is 5.10 Å². The fourth-order valence-corrected chi connectivity index (χ4v) is 3.36. The third kappa shape index (κ3) is 4.39. The molecule has 0 spiro atoms. The van der Waals surface area contributed by atoms with E-state index < -0.39 is 0 Å². The molecule has 140 valence electrons. The Bertz CT molecular complexity index is 617. The summed E-state index contributed by atoms with van der Waals surface area (Å²) in [5.41, 5.74) is 6.87. The molecule has 0 aliphatic carbocycles. The van der Waals surface area contributed by atoms with Crippen LogP contribution >= 0.6 is 0 Å². The standard InChI is InChI=1S/C18H31N5O2/c1-5-15-14(11-21-23(15)18(2,3)4)17(25)22-10-6-7-13(12-22)16(24)20-9-8-19/h11,13H,5-10,12,19H2,1-4H3,(H,20,24). The van der Waals surface area contributed by atoms with Crippen molar-refractivity contribution in [2.24, 2.45) is 11.7 Å². The first kappa shape index (κ1) is 19.4. The van der Waals surface area contributed by atoms with E-state index in [1.807, 2.05) is 11.6 Å². The van der Waals surface area contributed by atoms with Crippen LogP contribution in [0.1, 0.15) is 56.6 Å². The zero-order valence-corrected chi connectivity index (χ0v) is 15.8. The quantitative estimate of drug-likeness (QED) is 0.833. The van der Waals surface area contributed by atoms with Crippen molar-refractivity contribution >= 4 is 11.8 Å². The number of nitrogens with one attached hydrogen (secondary N) is 1. The van der Waals surface area contributed by atoms with Gasteiger partial charge in [-0.25, -0.2) is 0 Å². The number of nitrogens with two attached hydrogens (primary N) is 1. The van der Waals surface area contributed by atoms with Crippen LogP contribution in [-0.2, 0) is 16.8 Å². The zero-order chi connectivity index (χ0) is 18.6. The molecule has 2 heterocycles. The Hall–Kier alpha value is -1.89. The number of carbonyl (C=O) groups excluding carboxylic acids is 2. The summed E-state index contributed by atoms with van der Waals surface area (Å²) in [7, 11) is 0. The monoisotopic (exact) mass is 349 g/mol. The van der Waals surface area contributed by atoms with Crippen LogP contribution < -0.4 is 11.1 Å². The van der Waals surface area contributed by atoms with Crippen LogP contribution in [0.4, 0.5) is 0 Å². The van der Waals surface area contributed by atoms with Gasteiger partial charge in [-0.15, -0.1) is 0 Å². The molecule has 3 N–H and O–H groups in total. The van der Waals surface area contributed by atoms with E-state index in [1.165, 1.54) is 0 Å². The van der Waals surface area contributed by atoms with Gasteiger partial charge in [-0.1, -0.05) is 6.92 Å². The molecule has 0 aromatic carbocycles. The third-order valence-electron chi connectivity index (χ3n) is 4.59. The summed E-state index contributed by atoms with van der Waals surface area (Å²) in [6.07, 6.45) is 4.06. The Morgan fingerprint density at radius 3 is 2.72 bits per heavy atom. The van der Waals surface area contributed by atoms with E-state index in [4.69, 9.17) is 5.73 Å². The molecule has 0 saturated carbocycles. The van der Waals surface area contributed by atoms with Gasteiger partial charge in [-0.3, -0.25) is 14.3 Å². The number of carbonyl (C=O) groups is 2. The number of piperidine rings is 1. The Balaban J connectivity index is 2.15. The Morgan fingerprint density at radius 2 is 2.12 bits per heavy atom. The highest BCUT2D eigenvalue weighted by molar-refractivity contribution is 5.95. The van der Waals surface area contributed by atoms with Crippen molar-refractivity contribution in [3.63, 3.8) is 0 Å². The molecule has 0 radical (unpaired) electrons. The number of amides is 2. The maximum atomic E-state index is 13.0. The van der Waals surface area contributed by atoms with Crippen molar-refractivity contribution in [2.45, 2.75) is 52.5 Å². The molecule has 0 bridgehead atoms. The molecule has 2 rings (SSSR count). The van der Waals surface area contributed by atoms with Crippen molar-refractivity contribution in [3.05, 3.63) is 17.5 Å². The van der Waals surface area contributed by atoms with Gasteiger partial charge in [0.1, 0.15) is 0 Å². The molecule has 1 fully saturated rings. The maximum Gasteiger partial charge on any atom is 0.257 e. The minimum absolute atomic E-state index is 0.0101. The minimum atomic E-state index is -0.170. The van der Waals surface area contributed by atoms with Crippen LogP contribution in [0.3, 0.4) is 0 Å². The molecule has 7 heteroatoms. The van der Waals surface area contributed by atoms with Crippen LogP contribution in [0.5, 0.6) is 0 Å². The van der Waals surface area contributed by atoms with E-state index in [-0.39, 0.29) is 23.3 Å². The molecular formula is C18H31N5O2. The number of hydrogen-bond acceptors (Lipinski definition) is 4. The van der Waals surface area contributed by atoms with Crippen LogP contribution in [0.25, 0.3) is 0 Å². The lowest BCUT2D eigenvalue weighted by atomic mass is 9.96. The molecule has 1 atom stereocenters. The molecule has 1 unspecified atom stereocenters. The van der Waals surface area contributed by atoms with E-state index in [1.54, 1.807) is 11.1 Å². The van der Waals surface area contributed by atoms with Crippen LogP contribution in [0.15, 0.2) is 6.20 Å². The molecule has 1 aliphatic heterocycles. The molecule has 25 heavy (non-hydrogen) atoms. The molecule has 2 amide bonds. The second kappa shape index (κ2) is 7.99. The highest BCUT2D eigenvalue weighted by Crippen LogP contribution is 2.23. The molecule has 1 aliphatic rings. The van der Waals surface area contributed by atoms with E-state index in [9.17, 15) is 9.59 Å². The van der Waals surface area contributed by atoms with Gasteiger partial charge in [0.25, 0.3) is 5.91 Å². The summed E-state index contributed by atoms with van der Waals surface area (Å²) in [5, 5.41) is 7.27. The van der Waals surface area contributed by atoms with Crippen molar-refractivity contribution in [3.8, 4) is 0 Å². The van der Waals surface area contributed by atoms with Gasteiger partial charge in [0.05, 0.1) is 28.9 Å². The van der Waals surface area contributed by atoms with E-state index in [0.29, 0.717) is 31.7 Å². The van der Waals surface area contributed by atoms with Gasteiger partial charge in [-0.05, 0) is 40.0 Å². The highest BCUT2D eigenvalue weighted by atomic mass is 16.2. The topological polar surface area (TPSA) is 93.2 Å². The summed E-state index contributed by atoms with van der Waals surface area (Å²) < 4.78 is 1.93. The lowest BCUT2D eigenvalue weighted by molar-refractivity contribution is -0.126. The zero-order valence-electron chi connectivity index (χ0n) is 15.8. The maximum absolute atomic E-state index is 13.0. The fourth-order valence-electron chi connectivity index (χ4n) is 3.36. The first-order valence-electron chi connectivity index (χ1n) is 9.14. The van der Waals surface area contributed by atoms with Gasteiger partial charge in [0.15, 0.2) is 0 Å². The predicted molar refractivity (Wildman–Crippen MR) is 97.3 cm³/mol. The second-order valence-electron chi connectivity index (χ2n) is 7.61. The van der Waals surface area contributed by atoms with Gasteiger partial charge >= 0.3 is 0 Å². The van der Waals surface area contributed by atoms with Crippen LogP contribution in [-0.4, -0.2) is 52.7 Å². The normalized spacial score (nSPS) is 18.3. The van der Waals surface area contributed by atoms with Crippen molar-refractivity contribution in [2.75, 3.05) is 26.2 Å². The van der Waals surface area contributed by atoms with Crippen molar-refractivity contribution in [1.29, 1.82) is 0 Å². The van der Waals surface area contributed by atoms with Crippen LogP contribution in [0.2, 0.25) is 0 Å². The van der Waals surface area contributed by atoms with Crippen LogP contribution in [0, 0.1) is 5.92 Å². The van der Waals surface area contributed by atoms with E-state index in [2.05, 4.69) is 31.2 Å². The molecule has 1 aromatic rings. The largest absolute Gasteiger partial charge is 0.355 e. The Morgan fingerprint density at radius 1 is 1.40 bits per heavy atom. The van der Waals surface area contributed by atoms with Crippen molar-refractivity contribution in [1.82, 2.24) is 20.0 Å². The average Bonchev–Trinajstić information content (AvgIpc) is 3.03. The van der Waals surface area contributed by atoms with Gasteiger partial charge in [0, 0.05) is 26.2 Å². The third-order valence-corrected chi connectivity index (χ3v) is 4.59. The predicted octanol–water partition coefficient (Wildman–Crippen LogP) is 1.13. The molecule has 7 nitrogen and oxygen atoms in total. The lowest BCUT2D eigenvalue weighted by Crippen LogP contribution is -2.46. The van der Waals surface area contributed by atoms with E-state index in [0.717, 1.165) is 25.0 Å². The van der Waals surface area contributed by atoms with E-state index >= 15 is 0 Å².